The van der Waals surface area contributed by atoms with E-state index in [1.54, 1.807) is 0 Å². The van der Waals surface area contributed by atoms with E-state index in [0.29, 0.717) is 12.2 Å². The van der Waals surface area contributed by atoms with Gasteiger partial charge >= 0.3 is 0 Å². The van der Waals surface area contributed by atoms with E-state index in [2.05, 4.69) is 16.0 Å². The van der Waals surface area contributed by atoms with E-state index in [4.69, 9.17) is 15.9 Å². The van der Waals surface area contributed by atoms with Crippen molar-refractivity contribution in [2.24, 2.45) is 0 Å². The minimum atomic E-state index is -3.70. The molecule has 2 aromatic carbocycles. The van der Waals surface area contributed by atoms with E-state index in [1.165, 1.54) is 24.3 Å². The lowest BCUT2D eigenvalue weighted by Gasteiger charge is -2.13. The maximum absolute atomic E-state index is 12.5. The van der Waals surface area contributed by atoms with Gasteiger partial charge in [0.25, 0.3) is 5.91 Å². The Morgan fingerprint density at radius 1 is 1.30 bits per heavy atom. The largest absolute Gasteiger partial charge is 0.494 e. The van der Waals surface area contributed by atoms with E-state index in [-0.39, 0.29) is 30.0 Å². The van der Waals surface area contributed by atoms with Gasteiger partial charge in [0, 0.05) is 29.7 Å². The van der Waals surface area contributed by atoms with Gasteiger partial charge in [0.05, 0.1) is 18.0 Å². The van der Waals surface area contributed by atoms with Crippen LogP contribution in [0, 0.1) is 12.3 Å². The summed E-state index contributed by atoms with van der Waals surface area (Å²) in [5, 5.41) is 2.84. The Kier molecular flexibility index (Phi) is 6.65. The molecule has 0 aliphatic carbocycles. The number of carbonyl (C=O) groups is 1. The summed E-state index contributed by atoms with van der Waals surface area (Å²) in [4.78, 5) is 12.6. The van der Waals surface area contributed by atoms with Gasteiger partial charge in [-0.3, -0.25) is 4.79 Å². The van der Waals surface area contributed by atoms with Gasteiger partial charge in [-0.1, -0.05) is 5.92 Å². The van der Waals surface area contributed by atoms with Crippen LogP contribution in [0.15, 0.2) is 41.3 Å². The molecule has 0 saturated heterocycles. The first-order chi connectivity index (χ1) is 14.3. The zero-order chi connectivity index (χ0) is 21.7. The highest BCUT2D eigenvalue weighted by atomic mass is 32.2. The van der Waals surface area contributed by atoms with Gasteiger partial charge in [-0.15, -0.1) is 6.42 Å². The van der Waals surface area contributed by atoms with Gasteiger partial charge in [0.2, 0.25) is 10.0 Å². The van der Waals surface area contributed by atoms with Crippen LogP contribution in [0.3, 0.4) is 0 Å². The lowest BCUT2D eigenvalue weighted by atomic mass is 10.1. The maximum atomic E-state index is 12.5. The Morgan fingerprint density at radius 3 is 2.70 bits per heavy atom. The minimum absolute atomic E-state index is 0.0397. The van der Waals surface area contributed by atoms with E-state index in [9.17, 15) is 13.2 Å². The predicted molar refractivity (Wildman–Crippen MR) is 113 cm³/mol. The first kappa shape index (κ1) is 21.7. The van der Waals surface area contributed by atoms with E-state index in [1.807, 2.05) is 26.0 Å². The fourth-order valence-corrected chi connectivity index (χ4v) is 4.13. The molecule has 0 radical (unpaired) electrons. The van der Waals surface area contributed by atoms with Crippen molar-refractivity contribution < 1.29 is 22.7 Å². The van der Waals surface area contributed by atoms with Crippen molar-refractivity contribution in [1.82, 2.24) is 10.0 Å². The van der Waals surface area contributed by atoms with Crippen LogP contribution < -0.4 is 19.5 Å². The molecule has 8 heteroatoms. The molecule has 0 fully saturated rings. The van der Waals surface area contributed by atoms with Crippen molar-refractivity contribution in [3.05, 3.63) is 53.1 Å². The van der Waals surface area contributed by atoms with E-state index < -0.39 is 10.0 Å². The molecule has 1 aliphatic rings. The summed E-state index contributed by atoms with van der Waals surface area (Å²) in [6.07, 6.45) is 6.02. The van der Waals surface area contributed by atoms with Crippen LogP contribution >= 0.6 is 0 Å². The number of nitrogens with one attached hydrogen (secondary N) is 2. The average Bonchev–Trinajstić information content (AvgIpc) is 3.09. The molecule has 0 aromatic heterocycles. The number of ether oxygens (including phenoxy) is 2. The quantitative estimate of drug-likeness (QED) is 0.629. The van der Waals surface area contributed by atoms with Gasteiger partial charge in [0.1, 0.15) is 17.6 Å². The molecule has 0 saturated carbocycles. The number of benzene rings is 2. The molecule has 1 aliphatic heterocycles. The number of carbonyl (C=O) groups excluding carboxylic acids is 1. The number of hydrogen-bond acceptors (Lipinski definition) is 5. The average molecular weight is 429 g/mol. The number of rotatable bonds is 8. The van der Waals surface area contributed by atoms with Crippen LogP contribution in [0.1, 0.15) is 35.3 Å². The highest BCUT2D eigenvalue weighted by Crippen LogP contribution is 2.35. The van der Waals surface area contributed by atoms with Crippen molar-refractivity contribution in [3.8, 4) is 23.8 Å². The third-order valence-corrected chi connectivity index (χ3v) is 6.03. The van der Waals surface area contributed by atoms with Crippen molar-refractivity contribution in [1.29, 1.82) is 0 Å². The van der Waals surface area contributed by atoms with Crippen LogP contribution in [0.25, 0.3) is 0 Å². The van der Waals surface area contributed by atoms with Crippen molar-refractivity contribution in [2.75, 3.05) is 13.2 Å². The minimum Gasteiger partial charge on any atom is -0.494 e. The summed E-state index contributed by atoms with van der Waals surface area (Å²) in [5.74, 6) is 3.41. The normalized spacial score (nSPS) is 15.0. The molecule has 3 rings (SSSR count). The molecular weight excluding hydrogens is 404 g/mol. The first-order valence-corrected chi connectivity index (χ1v) is 11.1. The third-order valence-electron chi connectivity index (χ3n) is 4.61. The molecule has 1 atom stereocenters. The standard InChI is InChI=1S/C22H24N2O5S/c1-4-10-24-30(26,27)19-8-6-16(7-9-19)22(25)23-14-18-13-21-17(11-15(3)29-21)12-20(18)28-5-2/h1,6-9,12-13,15,24H,5,10-11,14H2,2-3H3,(H,23,25). The van der Waals surface area contributed by atoms with Crippen molar-refractivity contribution in [3.63, 3.8) is 0 Å². The lowest BCUT2D eigenvalue weighted by Crippen LogP contribution is -2.25. The summed E-state index contributed by atoms with van der Waals surface area (Å²) < 4.78 is 37.9. The Labute approximate surface area is 176 Å². The number of hydrogen-bond donors (Lipinski definition) is 2. The molecule has 158 valence electrons. The first-order valence-electron chi connectivity index (χ1n) is 9.60. The third kappa shape index (κ3) is 4.93. The number of terminal acetylenes is 1. The second kappa shape index (κ2) is 9.20. The summed E-state index contributed by atoms with van der Waals surface area (Å²) >= 11 is 0. The van der Waals surface area contributed by atoms with Crippen LogP contribution in [-0.4, -0.2) is 33.6 Å². The second-order valence-corrected chi connectivity index (χ2v) is 8.64. The Balaban J connectivity index is 1.70. The highest BCUT2D eigenvalue weighted by Gasteiger charge is 2.22. The van der Waals surface area contributed by atoms with Gasteiger partial charge in [-0.2, -0.15) is 4.72 Å². The Hall–Kier alpha value is -3.02. The summed E-state index contributed by atoms with van der Waals surface area (Å²) in [7, 11) is -3.70. The SMILES string of the molecule is C#CCNS(=O)(=O)c1ccc(C(=O)NCc2cc3c(cc2OCC)CC(C)O3)cc1. The Bertz CT molecular complexity index is 1070. The monoisotopic (exact) mass is 428 g/mol. The summed E-state index contributed by atoms with van der Waals surface area (Å²) in [6.45, 7) is 4.58. The molecule has 1 amide bonds. The van der Waals surface area contributed by atoms with E-state index in [0.717, 1.165) is 29.0 Å². The molecule has 0 spiro atoms. The van der Waals surface area contributed by atoms with Gasteiger partial charge < -0.3 is 14.8 Å². The molecule has 1 heterocycles. The summed E-state index contributed by atoms with van der Waals surface area (Å²) in [6, 6.07) is 9.51. The van der Waals surface area contributed by atoms with Crippen LogP contribution in [0.4, 0.5) is 0 Å². The number of sulfonamides is 1. The maximum Gasteiger partial charge on any atom is 0.251 e. The zero-order valence-electron chi connectivity index (χ0n) is 16.9. The predicted octanol–water partition coefficient (Wildman–Crippen LogP) is 2.25. The second-order valence-electron chi connectivity index (χ2n) is 6.87. The molecule has 0 bridgehead atoms. The van der Waals surface area contributed by atoms with Crippen molar-refractivity contribution in [2.45, 2.75) is 37.8 Å². The Morgan fingerprint density at radius 2 is 2.03 bits per heavy atom. The van der Waals surface area contributed by atoms with Crippen LogP contribution in [-0.2, 0) is 23.0 Å². The van der Waals surface area contributed by atoms with Crippen LogP contribution in [0.5, 0.6) is 11.5 Å². The van der Waals surface area contributed by atoms with Gasteiger partial charge in [0.15, 0.2) is 0 Å². The fourth-order valence-electron chi connectivity index (χ4n) is 3.19. The highest BCUT2D eigenvalue weighted by molar-refractivity contribution is 7.89. The molecule has 7 nitrogen and oxygen atoms in total. The molecule has 30 heavy (non-hydrogen) atoms. The smallest absolute Gasteiger partial charge is 0.251 e. The van der Waals surface area contributed by atoms with Crippen molar-refractivity contribution >= 4 is 15.9 Å². The van der Waals surface area contributed by atoms with E-state index >= 15 is 0 Å². The lowest BCUT2D eigenvalue weighted by molar-refractivity contribution is 0.0950. The number of fused-ring (bicyclic) bond motifs is 1. The van der Waals surface area contributed by atoms with Gasteiger partial charge in [-0.25, -0.2) is 8.42 Å². The molecule has 2 aromatic rings. The zero-order valence-corrected chi connectivity index (χ0v) is 17.7. The topological polar surface area (TPSA) is 93.7 Å². The molecular formula is C22H24N2O5S. The van der Waals surface area contributed by atoms with Crippen LogP contribution in [0.2, 0.25) is 0 Å². The molecule has 2 N–H and O–H groups in total. The summed E-state index contributed by atoms with van der Waals surface area (Å²) in [5.41, 5.74) is 2.25. The number of amides is 1. The fraction of sp³-hybridized carbons (Fsp3) is 0.318. The molecule has 1 unspecified atom stereocenters. The van der Waals surface area contributed by atoms with Gasteiger partial charge in [-0.05, 0) is 50.2 Å².